The topological polar surface area (TPSA) is 45.0 Å². The van der Waals surface area contributed by atoms with E-state index in [4.69, 9.17) is 10.00 Å². The van der Waals surface area contributed by atoms with Crippen molar-refractivity contribution in [3.63, 3.8) is 0 Å². The second-order valence-corrected chi connectivity index (χ2v) is 4.92. The first kappa shape index (κ1) is 13.4. The highest BCUT2D eigenvalue weighted by Gasteiger charge is 2.03. The van der Waals surface area contributed by atoms with Crippen molar-refractivity contribution in [3.8, 4) is 11.8 Å². The Labute approximate surface area is 121 Å². The highest BCUT2D eigenvalue weighted by atomic mass is 79.9. The van der Waals surface area contributed by atoms with E-state index in [1.807, 2.05) is 36.4 Å². The molecular formula is C15H13BrN2O. The van der Waals surface area contributed by atoms with E-state index in [1.54, 1.807) is 13.2 Å². The van der Waals surface area contributed by atoms with Crippen LogP contribution in [0.2, 0.25) is 0 Å². The van der Waals surface area contributed by atoms with E-state index in [0.717, 1.165) is 15.7 Å². The fourth-order valence-electron chi connectivity index (χ4n) is 1.71. The molecule has 0 radical (unpaired) electrons. The van der Waals surface area contributed by atoms with Gasteiger partial charge in [0.25, 0.3) is 0 Å². The normalized spacial score (nSPS) is 9.74. The number of nitriles is 1. The van der Waals surface area contributed by atoms with Gasteiger partial charge in [0.2, 0.25) is 0 Å². The quantitative estimate of drug-likeness (QED) is 0.929. The molecule has 0 aliphatic heterocycles. The molecule has 0 aromatic heterocycles. The molecule has 0 bridgehead atoms. The Balaban J connectivity index is 2.07. The Morgan fingerprint density at radius 2 is 1.95 bits per heavy atom. The first-order valence-electron chi connectivity index (χ1n) is 5.79. The third-order valence-corrected chi connectivity index (χ3v) is 3.26. The first-order valence-corrected chi connectivity index (χ1v) is 6.58. The smallest absolute Gasteiger partial charge is 0.136 e. The van der Waals surface area contributed by atoms with Crippen molar-refractivity contribution in [2.75, 3.05) is 12.4 Å². The maximum Gasteiger partial charge on any atom is 0.136 e. The number of hydrogen-bond donors (Lipinski definition) is 1. The summed E-state index contributed by atoms with van der Waals surface area (Å²) in [5, 5.41) is 12.2. The summed E-state index contributed by atoms with van der Waals surface area (Å²) in [6.45, 7) is 0.684. The second kappa shape index (κ2) is 6.26. The predicted octanol–water partition coefficient (Wildman–Crippen LogP) is 3.94. The SMILES string of the molecule is COc1cc(CNc2ccc(Br)cc2)ccc1C#N. The van der Waals surface area contributed by atoms with E-state index in [1.165, 1.54) is 0 Å². The van der Waals surface area contributed by atoms with Crippen LogP contribution in [0.15, 0.2) is 46.9 Å². The predicted molar refractivity (Wildman–Crippen MR) is 79.2 cm³/mol. The fourth-order valence-corrected chi connectivity index (χ4v) is 1.97. The van der Waals surface area contributed by atoms with Crippen molar-refractivity contribution < 1.29 is 4.74 Å². The van der Waals surface area contributed by atoms with E-state index < -0.39 is 0 Å². The number of methoxy groups -OCH3 is 1. The summed E-state index contributed by atoms with van der Waals surface area (Å²) in [4.78, 5) is 0. The van der Waals surface area contributed by atoms with Crippen molar-refractivity contribution in [2.45, 2.75) is 6.54 Å². The van der Waals surface area contributed by atoms with Crippen LogP contribution in [0.25, 0.3) is 0 Å². The van der Waals surface area contributed by atoms with Crippen molar-refractivity contribution >= 4 is 21.6 Å². The van der Waals surface area contributed by atoms with Gasteiger partial charge in [-0.05, 0) is 42.0 Å². The van der Waals surface area contributed by atoms with Crippen molar-refractivity contribution in [3.05, 3.63) is 58.1 Å². The van der Waals surface area contributed by atoms with Gasteiger partial charge in [0.05, 0.1) is 12.7 Å². The monoisotopic (exact) mass is 316 g/mol. The standard InChI is InChI=1S/C15H13BrN2O/c1-19-15-8-11(2-3-12(15)9-17)10-18-14-6-4-13(16)5-7-14/h2-8,18H,10H2,1H3. The number of hydrogen-bond acceptors (Lipinski definition) is 3. The minimum atomic E-state index is 0.551. The Hall–Kier alpha value is -1.99. The Morgan fingerprint density at radius 3 is 2.58 bits per heavy atom. The summed E-state index contributed by atoms with van der Waals surface area (Å²) in [6, 6.07) is 15.7. The third kappa shape index (κ3) is 3.49. The number of nitrogens with one attached hydrogen (secondary N) is 1. The average molecular weight is 317 g/mol. The minimum Gasteiger partial charge on any atom is -0.495 e. The fraction of sp³-hybridized carbons (Fsp3) is 0.133. The lowest BCUT2D eigenvalue weighted by Gasteiger charge is -2.09. The second-order valence-electron chi connectivity index (χ2n) is 4.01. The average Bonchev–Trinajstić information content (AvgIpc) is 2.46. The number of rotatable bonds is 4. The molecule has 19 heavy (non-hydrogen) atoms. The lowest BCUT2D eigenvalue weighted by atomic mass is 10.1. The van der Waals surface area contributed by atoms with Crippen LogP contribution in [0.3, 0.4) is 0 Å². The van der Waals surface area contributed by atoms with Crippen LogP contribution < -0.4 is 10.1 Å². The summed E-state index contributed by atoms with van der Waals surface area (Å²) < 4.78 is 6.24. The molecular weight excluding hydrogens is 304 g/mol. The lowest BCUT2D eigenvalue weighted by Crippen LogP contribution is -2.00. The van der Waals surface area contributed by atoms with E-state index in [2.05, 4.69) is 27.3 Å². The van der Waals surface area contributed by atoms with Crippen molar-refractivity contribution in [2.24, 2.45) is 0 Å². The minimum absolute atomic E-state index is 0.551. The molecule has 0 atom stereocenters. The van der Waals surface area contributed by atoms with Gasteiger partial charge in [0, 0.05) is 16.7 Å². The van der Waals surface area contributed by atoms with E-state index >= 15 is 0 Å². The molecule has 1 N–H and O–H groups in total. The van der Waals surface area contributed by atoms with Gasteiger partial charge in [-0.2, -0.15) is 5.26 Å². The zero-order valence-electron chi connectivity index (χ0n) is 10.5. The van der Waals surface area contributed by atoms with E-state index in [9.17, 15) is 0 Å². The molecule has 2 aromatic carbocycles. The van der Waals surface area contributed by atoms with Crippen LogP contribution >= 0.6 is 15.9 Å². The molecule has 0 amide bonds. The van der Waals surface area contributed by atoms with Gasteiger partial charge in [0.15, 0.2) is 0 Å². The molecule has 0 unspecified atom stereocenters. The largest absolute Gasteiger partial charge is 0.495 e. The zero-order chi connectivity index (χ0) is 13.7. The highest BCUT2D eigenvalue weighted by Crippen LogP contribution is 2.20. The number of nitrogens with zero attached hydrogens (tertiary/aromatic N) is 1. The van der Waals surface area contributed by atoms with Gasteiger partial charge in [-0.1, -0.05) is 22.0 Å². The van der Waals surface area contributed by atoms with Gasteiger partial charge < -0.3 is 10.1 Å². The van der Waals surface area contributed by atoms with E-state index in [-0.39, 0.29) is 0 Å². The molecule has 2 aromatic rings. The van der Waals surface area contributed by atoms with Crippen LogP contribution in [0.1, 0.15) is 11.1 Å². The number of ether oxygens (including phenoxy) is 1. The third-order valence-electron chi connectivity index (χ3n) is 2.73. The van der Waals surface area contributed by atoms with Gasteiger partial charge in [0.1, 0.15) is 11.8 Å². The van der Waals surface area contributed by atoms with Gasteiger partial charge >= 0.3 is 0 Å². The summed E-state index contributed by atoms with van der Waals surface area (Å²) in [5.41, 5.74) is 2.67. The summed E-state index contributed by atoms with van der Waals surface area (Å²) in [5.74, 6) is 0.609. The molecule has 0 aliphatic carbocycles. The van der Waals surface area contributed by atoms with Gasteiger partial charge in [-0.15, -0.1) is 0 Å². The van der Waals surface area contributed by atoms with Crippen LogP contribution in [-0.2, 0) is 6.54 Å². The molecule has 0 spiro atoms. The Kier molecular flexibility index (Phi) is 4.43. The lowest BCUT2D eigenvalue weighted by molar-refractivity contribution is 0.413. The highest BCUT2D eigenvalue weighted by molar-refractivity contribution is 9.10. The first-order chi connectivity index (χ1) is 9.22. The molecule has 3 nitrogen and oxygen atoms in total. The maximum absolute atomic E-state index is 8.92. The molecule has 4 heteroatoms. The molecule has 0 saturated carbocycles. The molecule has 0 fully saturated rings. The molecule has 2 rings (SSSR count). The van der Waals surface area contributed by atoms with Gasteiger partial charge in [-0.3, -0.25) is 0 Å². The number of halogens is 1. The van der Waals surface area contributed by atoms with Crippen molar-refractivity contribution in [1.82, 2.24) is 0 Å². The van der Waals surface area contributed by atoms with E-state index in [0.29, 0.717) is 17.9 Å². The van der Waals surface area contributed by atoms with Crippen LogP contribution in [0, 0.1) is 11.3 Å². The van der Waals surface area contributed by atoms with Crippen LogP contribution in [0.4, 0.5) is 5.69 Å². The summed E-state index contributed by atoms with van der Waals surface area (Å²) >= 11 is 3.40. The summed E-state index contributed by atoms with van der Waals surface area (Å²) in [6.07, 6.45) is 0. The molecule has 0 saturated heterocycles. The number of anilines is 1. The zero-order valence-corrected chi connectivity index (χ0v) is 12.1. The maximum atomic E-state index is 8.92. The van der Waals surface area contributed by atoms with Crippen molar-refractivity contribution in [1.29, 1.82) is 5.26 Å². The molecule has 0 heterocycles. The molecule has 96 valence electrons. The van der Waals surface area contributed by atoms with Crippen LogP contribution in [-0.4, -0.2) is 7.11 Å². The Bertz CT molecular complexity index is 603. The van der Waals surface area contributed by atoms with Crippen LogP contribution in [0.5, 0.6) is 5.75 Å². The number of benzene rings is 2. The van der Waals surface area contributed by atoms with Gasteiger partial charge in [-0.25, -0.2) is 0 Å². The Morgan fingerprint density at radius 1 is 1.21 bits per heavy atom. The molecule has 0 aliphatic rings. The summed E-state index contributed by atoms with van der Waals surface area (Å²) in [7, 11) is 1.57.